The molecule has 1 aliphatic heterocycles. The van der Waals surface area contributed by atoms with Gasteiger partial charge in [0, 0.05) is 18.0 Å². The minimum absolute atomic E-state index is 0.0686. The smallest absolute Gasteiger partial charge is 0.255 e. The highest BCUT2D eigenvalue weighted by molar-refractivity contribution is 5.99. The normalized spacial score (nSPS) is 21.0. The zero-order chi connectivity index (χ0) is 17.4. The van der Waals surface area contributed by atoms with E-state index in [1.54, 1.807) is 4.90 Å². The number of nitrogens with zero attached hydrogens (tertiary/aromatic N) is 2. The van der Waals surface area contributed by atoms with Crippen molar-refractivity contribution >= 4 is 22.7 Å². The highest BCUT2D eigenvalue weighted by Gasteiger charge is 2.32. The average molecular weight is 325 g/mol. The predicted molar refractivity (Wildman–Crippen MR) is 93.6 cm³/mol. The first-order valence-electron chi connectivity index (χ1n) is 8.35. The van der Waals surface area contributed by atoms with Gasteiger partial charge in [0.2, 0.25) is 5.91 Å². The first-order valence-corrected chi connectivity index (χ1v) is 8.35. The van der Waals surface area contributed by atoms with Gasteiger partial charge >= 0.3 is 0 Å². The summed E-state index contributed by atoms with van der Waals surface area (Å²) in [7, 11) is 0. The third-order valence-electron chi connectivity index (χ3n) is 4.94. The van der Waals surface area contributed by atoms with Crippen LogP contribution in [-0.4, -0.2) is 34.3 Å². The number of aromatic nitrogens is 1. The van der Waals surface area contributed by atoms with Crippen LogP contribution < -0.4 is 5.73 Å². The second kappa shape index (κ2) is 6.23. The van der Waals surface area contributed by atoms with Gasteiger partial charge in [-0.15, -0.1) is 0 Å². The lowest BCUT2D eigenvalue weighted by molar-refractivity contribution is -0.123. The molecule has 1 aromatic heterocycles. The van der Waals surface area contributed by atoms with Crippen molar-refractivity contribution in [2.75, 3.05) is 6.54 Å². The lowest BCUT2D eigenvalue weighted by Crippen LogP contribution is -2.48. The Kier molecular flexibility index (Phi) is 4.26. The molecule has 2 N–H and O–H groups in total. The zero-order valence-corrected chi connectivity index (χ0v) is 14.4. The second-order valence-electron chi connectivity index (χ2n) is 6.80. The van der Waals surface area contributed by atoms with Crippen molar-refractivity contribution in [3.8, 4) is 0 Å². The molecule has 1 aliphatic rings. The van der Waals surface area contributed by atoms with Crippen LogP contribution in [0.1, 0.15) is 41.4 Å². The Morgan fingerprint density at radius 3 is 2.67 bits per heavy atom. The van der Waals surface area contributed by atoms with E-state index in [4.69, 9.17) is 5.73 Å². The zero-order valence-electron chi connectivity index (χ0n) is 14.4. The summed E-state index contributed by atoms with van der Waals surface area (Å²) >= 11 is 0. The first-order chi connectivity index (χ1) is 11.4. The van der Waals surface area contributed by atoms with Crippen molar-refractivity contribution < 1.29 is 9.59 Å². The molecule has 2 amide bonds. The molecular formula is C19H23N3O2. The highest BCUT2D eigenvalue weighted by Crippen LogP contribution is 2.25. The molecule has 0 saturated carbocycles. The molecule has 2 aromatic rings. The molecule has 1 saturated heterocycles. The molecule has 1 fully saturated rings. The van der Waals surface area contributed by atoms with Crippen molar-refractivity contribution in [3.05, 3.63) is 41.1 Å². The molecule has 2 heterocycles. The fourth-order valence-corrected chi connectivity index (χ4v) is 3.37. The number of piperidine rings is 1. The van der Waals surface area contributed by atoms with Gasteiger partial charge in [-0.05, 0) is 51.3 Å². The van der Waals surface area contributed by atoms with Crippen LogP contribution in [0, 0.1) is 19.8 Å². The van der Waals surface area contributed by atoms with Crippen molar-refractivity contribution in [1.29, 1.82) is 0 Å². The van der Waals surface area contributed by atoms with Crippen LogP contribution in [0.3, 0.4) is 0 Å². The number of benzene rings is 1. The number of nitrogens with two attached hydrogens (primary N) is 1. The summed E-state index contributed by atoms with van der Waals surface area (Å²) in [5, 5.41) is 0.950. The van der Waals surface area contributed by atoms with Gasteiger partial charge in [-0.25, -0.2) is 0 Å². The van der Waals surface area contributed by atoms with Crippen LogP contribution >= 0.6 is 0 Å². The average Bonchev–Trinajstić information content (AvgIpc) is 2.53. The minimum atomic E-state index is -0.330. The van der Waals surface area contributed by atoms with Crippen molar-refractivity contribution in [2.45, 2.75) is 39.7 Å². The number of primary amides is 1. The molecule has 5 nitrogen and oxygen atoms in total. The molecule has 0 spiro atoms. The Morgan fingerprint density at radius 1 is 1.21 bits per heavy atom. The van der Waals surface area contributed by atoms with E-state index in [1.807, 2.05) is 45.0 Å². The largest absolute Gasteiger partial charge is 0.369 e. The van der Waals surface area contributed by atoms with Gasteiger partial charge in [-0.1, -0.05) is 12.1 Å². The lowest BCUT2D eigenvalue weighted by Gasteiger charge is -2.37. The van der Waals surface area contributed by atoms with Crippen LogP contribution in [0.2, 0.25) is 0 Å². The summed E-state index contributed by atoms with van der Waals surface area (Å²) in [6.07, 6.45) is 1.53. The van der Waals surface area contributed by atoms with E-state index in [0.29, 0.717) is 17.8 Å². The quantitative estimate of drug-likeness (QED) is 0.922. The number of carbonyl (C=O) groups excluding carboxylic acids is 2. The van der Waals surface area contributed by atoms with E-state index < -0.39 is 0 Å². The maximum atomic E-state index is 13.0. The number of hydrogen-bond donors (Lipinski definition) is 1. The van der Waals surface area contributed by atoms with E-state index in [2.05, 4.69) is 4.98 Å². The molecule has 5 heteroatoms. The Bertz CT molecular complexity index is 816. The van der Waals surface area contributed by atoms with Crippen molar-refractivity contribution in [1.82, 2.24) is 9.88 Å². The number of amides is 2. The van der Waals surface area contributed by atoms with Crippen molar-refractivity contribution in [3.63, 3.8) is 0 Å². The molecular weight excluding hydrogens is 302 g/mol. The summed E-state index contributed by atoms with van der Waals surface area (Å²) in [6, 6.07) is 8.02. The molecule has 3 rings (SSSR count). The molecule has 0 aliphatic carbocycles. The molecule has 24 heavy (non-hydrogen) atoms. The maximum Gasteiger partial charge on any atom is 0.255 e. The Balaban J connectivity index is 1.96. The van der Waals surface area contributed by atoms with E-state index in [1.165, 1.54) is 0 Å². The highest BCUT2D eigenvalue weighted by atomic mass is 16.2. The monoisotopic (exact) mass is 325 g/mol. The van der Waals surface area contributed by atoms with Crippen molar-refractivity contribution in [2.24, 2.45) is 11.7 Å². The van der Waals surface area contributed by atoms with Crippen LogP contribution in [-0.2, 0) is 4.79 Å². The topological polar surface area (TPSA) is 76.3 Å². The van der Waals surface area contributed by atoms with E-state index in [-0.39, 0.29) is 23.8 Å². The Hall–Kier alpha value is -2.43. The van der Waals surface area contributed by atoms with Crippen LogP contribution in [0.15, 0.2) is 24.3 Å². The standard InChI is InChI=1S/C19H23N3O2/c1-11-4-6-14-9-16(13(3)21-17(14)8-11)19(24)22-10-15(18(20)23)7-5-12(22)2/h4,6,8-9,12,15H,5,7,10H2,1-3H3,(H2,20,23)/t12-,15+/m0/s1. The number of likely N-dealkylation sites (tertiary alicyclic amines) is 1. The molecule has 2 atom stereocenters. The summed E-state index contributed by atoms with van der Waals surface area (Å²) in [4.78, 5) is 30.9. The van der Waals surface area contributed by atoms with Gasteiger partial charge in [0.1, 0.15) is 0 Å². The van der Waals surface area contributed by atoms with Gasteiger partial charge in [-0.2, -0.15) is 0 Å². The summed E-state index contributed by atoms with van der Waals surface area (Å²) in [5.74, 6) is -0.661. The second-order valence-corrected chi connectivity index (χ2v) is 6.80. The number of rotatable bonds is 2. The van der Waals surface area contributed by atoms with E-state index >= 15 is 0 Å². The number of aryl methyl sites for hydroxylation is 2. The number of pyridine rings is 1. The molecule has 0 unspecified atom stereocenters. The van der Waals surface area contributed by atoms with E-state index in [0.717, 1.165) is 29.3 Å². The fraction of sp³-hybridized carbons (Fsp3) is 0.421. The van der Waals surface area contributed by atoms with Crippen LogP contribution in [0.25, 0.3) is 10.9 Å². The summed E-state index contributed by atoms with van der Waals surface area (Å²) < 4.78 is 0. The third-order valence-corrected chi connectivity index (χ3v) is 4.94. The fourth-order valence-electron chi connectivity index (χ4n) is 3.37. The Morgan fingerprint density at radius 2 is 1.96 bits per heavy atom. The van der Waals surface area contributed by atoms with E-state index in [9.17, 15) is 9.59 Å². The van der Waals surface area contributed by atoms with Gasteiger partial charge in [-0.3, -0.25) is 14.6 Å². The first kappa shape index (κ1) is 16.4. The predicted octanol–water partition coefficient (Wildman–Crippen LogP) is 2.58. The van der Waals surface area contributed by atoms with Crippen LogP contribution in [0.5, 0.6) is 0 Å². The summed E-state index contributed by atoms with van der Waals surface area (Å²) in [6.45, 7) is 6.28. The van der Waals surface area contributed by atoms with Crippen LogP contribution in [0.4, 0.5) is 0 Å². The number of hydrogen-bond acceptors (Lipinski definition) is 3. The van der Waals surface area contributed by atoms with Gasteiger partial charge in [0.15, 0.2) is 0 Å². The summed E-state index contributed by atoms with van der Waals surface area (Å²) in [5.41, 5.74) is 8.79. The molecule has 0 radical (unpaired) electrons. The Labute approximate surface area is 141 Å². The SMILES string of the molecule is Cc1ccc2cc(C(=O)N3C[C@H](C(N)=O)CC[C@@H]3C)c(C)nc2c1. The molecule has 126 valence electrons. The third kappa shape index (κ3) is 2.98. The van der Waals surface area contributed by atoms with Gasteiger partial charge in [0.25, 0.3) is 5.91 Å². The minimum Gasteiger partial charge on any atom is -0.369 e. The van der Waals surface area contributed by atoms with Gasteiger partial charge < -0.3 is 10.6 Å². The lowest BCUT2D eigenvalue weighted by atomic mass is 9.92. The molecule has 1 aromatic carbocycles. The maximum absolute atomic E-state index is 13.0. The van der Waals surface area contributed by atoms with Gasteiger partial charge in [0.05, 0.1) is 22.7 Å². The number of carbonyl (C=O) groups is 2. The molecule has 0 bridgehead atoms. The number of fused-ring (bicyclic) bond motifs is 1.